The number of amides is 3. The van der Waals surface area contributed by atoms with Crippen molar-refractivity contribution in [1.29, 1.82) is 0 Å². The van der Waals surface area contributed by atoms with Crippen LogP contribution in [0.15, 0.2) is 66.1 Å². The second kappa shape index (κ2) is 10.8. The largest absolute Gasteiger partial charge is 0.446 e. The summed E-state index contributed by atoms with van der Waals surface area (Å²) in [6.45, 7) is 7.84. The van der Waals surface area contributed by atoms with Gasteiger partial charge in [-0.25, -0.2) is 9.69 Å². The summed E-state index contributed by atoms with van der Waals surface area (Å²) in [5.41, 5.74) is -1.88. The maximum absolute atomic E-state index is 14.4. The molecule has 0 aliphatic carbocycles. The van der Waals surface area contributed by atoms with Gasteiger partial charge in [0.2, 0.25) is 0 Å². The Kier molecular flexibility index (Phi) is 7.83. The minimum Gasteiger partial charge on any atom is -0.322 e. The van der Waals surface area contributed by atoms with E-state index in [0.29, 0.717) is 12.8 Å². The first-order valence-corrected chi connectivity index (χ1v) is 13.2. The van der Waals surface area contributed by atoms with Crippen molar-refractivity contribution in [2.24, 2.45) is 0 Å². The highest BCUT2D eigenvalue weighted by Crippen LogP contribution is 2.46. The van der Waals surface area contributed by atoms with Crippen LogP contribution < -0.4 is 10.2 Å². The molecule has 1 N–H and O–H groups in total. The topological polar surface area (TPSA) is 75.2 Å². The van der Waals surface area contributed by atoms with Crippen LogP contribution in [0.5, 0.6) is 0 Å². The summed E-state index contributed by atoms with van der Waals surface area (Å²) in [6.07, 6.45) is 8.26. The molecule has 38 heavy (non-hydrogen) atoms. The van der Waals surface area contributed by atoms with Crippen molar-refractivity contribution in [1.82, 2.24) is 15.3 Å². The molecule has 3 heterocycles. The van der Waals surface area contributed by atoms with Crippen LogP contribution in [0.2, 0.25) is 0 Å². The number of aryl methyl sites for hydroxylation is 2. The zero-order valence-electron chi connectivity index (χ0n) is 21.5. The van der Waals surface area contributed by atoms with Gasteiger partial charge < -0.3 is 5.32 Å². The highest BCUT2D eigenvalue weighted by Gasteiger charge is 2.59. The summed E-state index contributed by atoms with van der Waals surface area (Å²) in [7, 11) is 0. The Morgan fingerprint density at radius 1 is 0.895 bits per heavy atom. The molecule has 4 rings (SSSR count). The van der Waals surface area contributed by atoms with Gasteiger partial charge in [0.1, 0.15) is 5.54 Å². The monoisotopic (exact) mass is 542 g/mol. The van der Waals surface area contributed by atoms with Crippen LogP contribution in [0.1, 0.15) is 61.8 Å². The molecule has 1 aliphatic rings. The smallest absolute Gasteiger partial charge is 0.322 e. The molecule has 2 atom stereocenters. The zero-order chi connectivity index (χ0) is 27.7. The molecule has 1 fully saturated rings. The van der Waals surface area contributed by atoms with Crippen molar-refractivity contribution < 1.29 is 22.8 Å². The average Bonchev–Trinajstić information content (AvgIpc) is 3.17. The first-order valence-electron chi connectivity index (χ1n) is 12.4. The summed E-state index contributed by atoms with van der Waals surface area (Å²) < 4.78 is 38.5. The van der Waals surface area contributed by atoms with E-state index in [4.69, 9.17) is 0 Å². The summed E-state index contributed by atoms with van der Waals surface area (Å²) in [5.74, 6) is -1.36. The molecule has 1 saturated heterocycles. The number of halogens is 3. The molecule has 200 valence electrons. The number of aromatic nitrogens is 2. The van der Waals surface area contributed by atoms with E-state index in [9.17, 15) is 22.8 Å². The Morgan fingerprint density at radius 2 is 1.39 bits per heavy atom. The fraction of sp³-hybridized carbons (Fsp3) is 0.357. The molecule has 2 unspecified atom stereocenters. The standard InChI is InChI=1S/C28H29F3N4O2S/c1-5-19-15-32-13-11-23(19)17(3)27(18(4)24-12-14-33-16-20(24)6-2)25(36)35(26(37)34-27)21-7-9-22(10-8-21)38-28(29,30)31/h7-18H,5-6H2,1-4H3,(H,34,37). The number of benzene rings is 1. The molecule has 3 aromatic rings. The normalized spacial score (nSPS) is 19.4. The number of nitrogens with zero attached hydrogens (tertiary/aromatic N) is 3. The third-order valence-corrected chi connectivity index (χ3v) is 8.09. The summed E-state index contributed by atoms with van der Waals surface area (Å²) in [6, 6.07) is 8.38. The van der Waals surface area contributed by atoms with Gasteiger partial charge in [-0.15, -0.1) is 0 Å². The van der Waals surface area contributed by atoms with E-state index in [-0.39, 0.29) is 22.3 Å². The molecule has 10 heteroatoms. The summed E-state index contributed by atoms with van der Waals surface area (Å²) in [4.78, 5) is 37.4. The molecule has 0 spiro atoms. The fourth-order valence-electron chi connectivity index (χ4n) is 5.36. The van der Waals surface area contributed by atoms with Crippen molar-refractivity contribution in [3.8, 4) is 0 Å². The van der Waals surface area contributed by atoms with E-state index >= 15 is 0 Å². The lowest BCUT2D eigenvalue weighted by atomic mass is 9.68. The minimum absolute atomic E-state index is 0.0324. The van der Waals surface area contributed by atoms with Gasteiger partial charge in [-0.2, -0.15) is 13.2 Å². The summed E-state index contributed by atoms with van der Waals surface area (Å²) in [5, 5.41) is 3.03. The third kappa shape index (κ3) is 5.01. The molecule has 0 bridgehead atoms. The third-order valence-electron chi connectivity index (χ3n) is 7.35. The lowest BCUT2D eigenvalue weighted by Crippen LogP contribution is -2.55. The maximum Gasteiger partial charge on any atom is 0.446 e. The number of carbonyl (C=O) groups is 2. The van der Waals surface area contributed by atoms with Crippen molar-refractivity contribution in [2.45, 2.75) is 68.3 Å². The maximum atomic E-state index is 14.4. The molecule has 0 radical (unpaired) electrons. The lowest BCUT2D eigenvalue weighted by molar-refractivity contribution is -0.123. The van der Waals surface area contributed by atoms with Gasteiger partial charge in [-0.1, -0.05) is 27.7 Å². The second-order valence-corrected chi connectivity index (χ2v) is 10.4. The lowest BCUT2D eigenvalue weighted by Gasteiger charge is -2.40. The molecule has 6 nitrogen and oxygen atoms in total. The predicted molar refractivity (Wildman–Crippen MR) is 141 cm³/mol. The van der Waals surface area contributed by atoms with Crippen molar-refractivity contribution in [3.63, 3.8) is 0 Å². The van der Waals surface area contributed by atoms with Gasteiger partial charge in [0.05, 0.1) is 5.69 Å². The SMILES string of the molecule is CCc1cnccc1C(C)C1(C(C)c2ccncc2CC)NC(=O)N(c2ccc(SC(F)(F)F)cc2)C1=O. The van der Waals surface area contributed by atoms with E-state index in [0.717, 1.165) is 27.2 Å². The quantitative estimate of drug-likeness (QED) is 0.256. The van der Waals surface area contributed by atoms with Crippen LogP contribution in [0, 0.1) is 0 Å². The molecule has 2 aromatic heterocycles. The Hall–Kier alpha value is -3.40. The van der Waals surface area contributed by atoms with Gasteiger partial charge in [-0.05, 0) is 83.3 Å². The number of hydrogen-bond acceptors (Lipinski definition) is 5. The van der Waals surface area contributed by atoms with E-state index in [1.807, 2.05) is 39.8 Å². The number of anilines is 1. The number of hydrogen-bond donors (Lipinski definition) is 1. The number of thioether (sulfide) groups is 1. The van der Waals surface area contributed by atoms with Crippen LogP contribution in [0.4, 0.5) is 23.7 Å². The van der Waals surface area contributed by atoms with Crippen LogP contribution in [0.25, 0.3) is 0 Å². The van der Waals surface area contributed by atoms with E-state index in [1.54, 1.807) is 24.8 Å². The van der Waals surface area contributed by atoms with Crippen LogP contribution in [-0.2, 0) is 17.6 Å². The molecular formula is C28H29F3N4O2S. The Bertz CT molecular complexity index is 1280. The molecule has 1 aliphatic heterocycles. The first kappa shape index (κ1) is 27.6. The Labute approximate surface area is 224 Å². The number of nitrogens with one attached hydrogen (secondary N) is 1. The van der Waals surface area contributed by atoms with Crippen LogP contribution >= 0.6 is 11.8 Å². The summed E-state index contributed by atoms with van der Waals surface area (Å²) >= 11 is -0.250. The number of alkyl halides is 3. The first-order chi connectivity index (χ1) is 18.0. The number of imide groups is 1. The van der Waals surface area contributed by atoms with E-state index < -0.39 is 34.8 Å². The van der Waals surface area contributed by atoms with Crippen LogP contribution in [-0.4, -0.2) is 33.0 Å². The van der Waals surface area contributed by atoms with Crippen LogP contribution in [0.3, 0.4) is 0 Å². The molecular weight excluding hydrogens is 513 g/mol. The fourth-order valence-corrected chi connectivity index (χ4v) is 5.90. The van der Waals surface area contributed by atoms with Crippen molar-refractivity contribution in [2.75, 3.05) is 4.90 Å². The second-order valence-electron chi connectivity index (χ2n) is 9.28. The van der Waals surface area contributed by atoms with Gasteiger partial charge in [0.15, 0.2) is 0 Å². The molecule has 3 amide bonds. The predicted octanol–water partition coefficient (Wildman–Crippen LogP) is 6.62. The number of urea groups is 1. The average molecular weight is 543 g/mol. The number of carbonyl (C=O) groups excluding carboxylic acids is 2. The highest BCUT2D eigenvalue weighted by atomic mass is 32.2. The van der Waals surface area contributed by atoms with Crippen molar-refractivity contribution in [3.05, 3.63) is 83.4 Å². The Balaban J connectivity index is 1.83. The van der Waals surface area contributed by atoms with Gasteiger partial charge in [-0.3, -0.25) is 14.8 Å². The van der Waals surface area contributed by atoms with Gasteiger partial charge in [0.25, 0.3) is 5.91 Å². The van der Waals surface area contributed by atoms with Crippen molar-refractivity contribution >= 4 is 29.4 Å². The molecule has 1 aromatic carbocycles. The Morgan fingerprint density at radius 3 is 1.84 bits per heavy atom. The van der Waals surface area contributed by atoms with Gasteiger partial charge >= 0.3 is 11.5 Å². The number of rotatable bonds is 8. The zero-order valence-corrected chi connectivity index (χ0v) is 22.4. The number of pyridine rings is 2. The molecule has 0 saturated carbocycles. The van der Waals surface area contributed by atoms with Gasteiger partial charge in [0, 0.05) is 41.5 Å². The van der Waals surface area contributed by atoms with E-state index in [2.05, 4.69) is 15.3 Å². The highest BCUT2D eigenvalue weighted by molar-refractivity contribution is 8.00. The van der Waals surface area contributed by atoms with E-state index in [1.165, 1.54) is 24.3 Å². The minimum atomic E-state index is -4.44.